The normalized spacial score (nSPS) is 15.6. The third-order valence-electron chi connectivity index (χ3n) is 3.44. The lowest BCUT2D eigenvalue weighted by atomic mass is 10.2. The molecule has 0 saturated heterocycles. The van der Waals surface area contributed by atoms with Crippen molar-refractivity contribution in [2.24, 2.45) is 0 Å². The Morgan fingerprint density at radius 3 is 2.80 bits per heavy atom. The van der Waals surface area contributed by atoms with Gasteiger partial charge in [0.2, 0.25) is 0 Å². The topological polar surface area (TPSA) is 94.8 Å². The zero-order chi connectivity index (χ0) is 16.9. The first-order valence-electron chi connectivity index (χ1n) is 6.77. The van der Waals surface area contributed by atoms with E-state index in [1.165, 1.54) is 18.2 Å². The molecule has 0 bridgehead atoms. The molecule has 0 amide bonds. The summed E-state index contributed by atoms with van der Waals surface area (Å²) in [5, 5.41) is 1.25. The Morgan fingerprint density at radius 1 is 1.20 bits per heavy atom. The van der Waals surface area contributed by atoms with E-state index in [1.54, 1.807) is 24.4 Å². The zero-order valence-electron chi connectivity index (χ0n) is 12.3. The third-order valence-corrected chi connectivity index (χ3v) is 4.81. The monoisotopic (exact) mass is 388 g/mol. The number of anilines is 1. The van der Waals surface area contributed by atoms with E-state index in [1.807, 2.05) is 0 Å². The van der Waals surface area contributed by atoms with Crippen LogP contribution in [-0.2, 0) is 11.0 Å². The van der Waals surface area contributed by atoms with Gasteiger partial charge in [0.15, 0.2) is 22.5 Å². The van der Waals surface area contributed by atoms with Gasteiger partial charge in [-0.15, -0.1) is 8.78 Å². The Morgan fingerprint density at radius 2 is 2.00 bits per heavy atom. The highest BCUT2D eigenvalue weighted by Crippen LogP contribution is 2.46. The van der Waals surface area contributed by atoms with Gasteiger partial charge in [0, 0.05) is 22.1 Å². The molecule has 0 radical (unpaired) electrons. The standard InChI is InChI=1S/C15H9ClF2N2O3S.H2O/c16-8-4-5-9-11(6-8)19-7-13(9)24(21)20-10-2-1-3-12-14(10)23-15(17,18)22-12;/h1-7,19-20H;1H2. The molecule has 0 fully saturated rings. The average molecular weight is 389 g/mol. The van der Waals surface area contributed by atoms with E-state index < -0.39 is 17.3 Å². The summed E-state index contributed by atoms with van der Waals surface area (Å²) in [5.41, 5.74) is 0.864. The fourth-order valence-corrected chi connectivity index (χ4v) is 3.62. The lowest BCUT2D eigenvalue weighted by Crippen LogP contribution is -2.26. The third kappa shape index (κ3) is 3.13. The number of nitrogens with one attached hydrogen (secondary N) is 2. The number of aromatic amines is 1. The van der Waals surface area contributed by atoms with Crippen molar-refractivity contribution in [1.29, 1.82) is 0 Å². The quantitative estimate of drug-likeness (QED) is 0.719. The van der Waals surface area contributed by atoms with Crippen LogP contribution in [0.3, 0.4) is 0 Å². The Bertz CT molecular complexity index is 979. The molecule has 1 aromatic heterocycles. The fourth-order valence-electron chi connectivity index (χ4n) is 2.43. The average Bonchev–Trinajstić information content (AvgIpc) is 3.06. The van der Waals surface area contributed by atoms with Crippen LogP contribution in [0.25, 0.3) is 10.9 Å². The van der Waals surface area contributed by atoms with Gasteiger partial charge in [-0.3, -0.25) is 4.72 Å². The first-order chi connectivity index (χ1) is 11.4. The zero-order valence-corrected chi connectivity index (χ0v) is 13.9. The lowest BCUT2D eigenvalue weighted by Gasteiger charge is -2.09. The Kier molecular flexibility index (Phi) is 4.31. The molecule has 132 valence electrons. The molecule has 0 spiro atoms. The number of para-hydroxylation sites is 1. The van der Waals surface area contributed by atoms with Crippen molar-refractivity contribution in [2.75, 3.05) is 4.72 Å². The first kappa shape index (κ1) is 17.5. The van der Waals surface area contributed by atoms with Gasteiger partial charge < -0.3 is 19.9 Å². The van der Waals surface area contributed by atoms with Crippen LogP contribution in [0.5, 0.6) is 11.5 Å². The van der Waals surface area contributed by atoms with Crippen LogP contribution < -0.4 is 14.2 Å². The SMILES string of the molecule is O.O=S(Nc1cccc2c1OC(F)(F)O2)c1c[nH]c2cc(Cl)ccc12. The van der Waals surface area contributed by atoms with Crippen molar-refractivity contribution in [1.82, 2.24) is 4.98 Å². The van der Waals surface area contributed by atoms with Crippen LogP contribution in [0.4, 0.5) is 14.5 Å². The molecular weight excluding hydrogens is 378 g/mol. The number of alkyl halides is 2. The van der Waals surface area contributed by atoms with Crippen molar-refractivity contribution >= 4 is 39.2 Å². The highest BCUT2D eigenvalue weighted by molar-refractivity contribution is 7.86. The minimum absolute atomic E-state index is 0. The van der Waals surface area contributed by atoms with Crippen molar-refractivity contribution in [3.63, 3.8) is 0 Å². The molecule has 6 nitrogen and oxygen atoms in total. The second kappa shape index (κ2) is 6.17. The second-order valence-electron chi connectivity index (χ2n) is 5.01. The molecular formula is C15H11ClF2N2O4S. The number of fused-ring (bicyclic) bond motifs is 2. The van der Waals surface area contributed by atoms with Gasteiger partial charge in [0.1, 0.15) is 0 Å². The van der Waals surface area contributed by atoms with E-state index in [9.17, 15) is 13.0 Å². The number of benzene rings is 2. The smallest absolute Gasteiger partial charge is 0.412 e. The molecule has 0 aliphatic carbocycles. The van der Waals surface area contributed by atoms with Gasteiger partial charge in [-0.2, -0.15) is 0 Å². The molecule has 2 heterocycles. The number of H-pyrrole nitrogens is 1. The summed E-state index contributed by atoms with van der Waals surface area (Å²) in [5.74, 6) is -0.300. The van der Waals surface area contributed by atoms with Crippen molar-refractivity contribution in [2.45, 2.75) is 11.2 Å². The van der Waals surface area contributed by atoms with E-state index in [-0.39, 0.29) is 22.7 Å². The fraction of sp³-hybridized carbons (Fsp3) is 0.0667. The molecule has 0 saturated carbocycles. The highest BCUT2D eigenvalue weighted by atomic mass is 35.5. The maximum absolute atomic E-state index is 13.2. The van der Waals surface area contributed by atoms with Crippen LogP contribution in [-0.4, -0.2) is 21.0 Å². The number of halogens is 3. The number of hydrogen-bond acceptors (Lipinski definition) is 3. The largest absolute Gasteiger partial charge is 0.586 e. The second-order valence-corrected chi connectivity index (χ2v) is 6.63. The Hall–Kier alpha value is -2.36. The number of rotatable bonds is 3. The summed E-state index contributed by atoms with van der Waals surface area (Å²) in [4.78, 5) is 3.43. The van der Waals surface area contributed by atoms with Crippen LogP contribution in [0.15, 0.2) is 47.5 Å². The van der Waals surface area contributed by atoms with Crippen molar-refractivity contribution < 1.29 is 27.9 Å². The van der Waals surface area contributed by atoms with Gasteiger partial charge in [-0.05, 0) is 24.3 Å². The summed E-state index contributed by atoms with van der Waals surface area (Å²) in [6.45, 7) is 0. The van der Waals surface area contributed by atoms with Gasteiger partial charge in [-0.25, -0.2) is 4.21 Å². The molecule has 10 heteroatoms. The highest BCUT2D eigenvalue weighted by Gasteiger charge is 2.44. The molecule has 1 atom stereocenters. The summed E-state index contributed by atoms with van der Waals surface area (Å²) in [6.07, 6.45) is -2.17. The predicted molar refractivity (Wildman–Crippen MR) is 89.6 cm³/mol. The maximum Gasteiger partial charge on any atom is 0.586 e. The van der Waals surface area contributed by atoms with Gasteiger partial charge in [-0.1, -0.05) is 23.7 Å². The Labute approximate surface area is 147 Å². The molecule has 1 unspecified atom stereocenters. The van der Waals surface area contributed by atoms with Crippen LogP contribution in [0.2, 0.25) is 5.02 Å². The summed E-state index contributed by atoms with van der Waals surface area (Å²) in [6, 6.07) is 9.43. The molecule has 2 aromatic carbocycles. The number of ether oxygens (including phenoxy) is 2. The predicted octanol–water partition coefficient (Wildman–Crippen LogP) is 3.45. The summed E-state index contributed by atoms with van der Waals surface area (Å²) >= 11 is 5.92. The van der Waals surface area contributed by atoms with Crippen molar-refractivity contribution in [3.05, 3.63) is 47.6 Å². The lowest BCUT2D eigenvalue weighted by molar-refractivity contribution is -0.286. The van der Waals surface area contributed by atoms with E-state index in [2.05, 4.69) is 19.2 Å². The van der Waals surface area contributed by atoms with Crippen molar-refractivity contribution in [3.8, 4) is 11.5 Å². The van der Waals surface area contributed by atoms with Crippen LogP contribution in [0.1, 0.15) is 0 Å². The Balaban J connectivity index is 0.00000182. The van der Waals surface area contributed by atoms with Crippen LogP contribution in [0, 0.1) is 0 Å². The van der Waals surface area contributed by atoms with E-state index >= 15 is 0 Å². The number of hydrogen-bond donors (Lipinski definition) is 2. The molecule has 4 rings (SSSR count). The van der Waals surface area contributed by atoms with Gasteiger partial charge in [0.25, 0.3) is 0 Å². The molecule has 25 heavy (non-hydrogen) atoms. The molecule has 4 N–H and O–H groups in total. The van der Waals surface area contributed by atoms with Gasteiger partial charge >= 0.3 is 6.29 Å². The van der Waals surface area contributed by atoms with E-state index in [0.29, 0.717) is 15.3 Å². The molecule has 3 aromatic rings. The minimum Gasteiger partial charge on any atom is -0.412 e. The first-order valence-corrected chi connectivity index (χ1v) is 8.30. The summed E-state index contributed by atoms with van der Waals surface area (Å²) < 4.78 is 50.5. The van der Waals surface area contributed by atoms with Gasteiger partial charge in [0.05, 0.1) is 10.6 Å². The number of aromatic nitrogens is 1. The summed E-state index contributed by atoms with van der Waals surface area (Å²) in [7, 11) is -1.71. The van der Waals surface area contributed by atoms with E-state index in [0.717, 1.165) is 5.52 Å². The maximum atomic E-state index is 13.2. The molecule has 1 aliphatic rings. The van der Waals surface area contributed by atoms with Crippen LogP contribution >= 0.6 is 11.6 Å². The minimum atomic E-state index is -3.74. The molecule has 1 aliphatic heterocycles. The van der Waals surface area contributed by atoms with E-state index in [4.69, 9.17) is 11.6 Å².